The van der Waals surface area contributed by atoms with Crippen LogP contribution in [-0.4, -0.2) is 125 Å². The molecule has 3 atom stereocenters. The number of hydrogen-bond donors (Lipinski definition) is 3. The van der Waals surface area contributed by atoms with Gasteiger partial charge in [0.25, 0.3) is 0 Å². The molecule has 0 saturated carbocycles. The Bertz CT molecular complexity index is 3070. The molecular formula is C57H63N6O9P3. The van der Waals surface area contributed by atoms with Crippen molar-refractivity contribution in [1.29, 1.82) is 0 Å². The highest BCUT2D eigenvalue weighted by atomic mass is 31.2. The van der Waals surface area contributed by atoms with Gasteiger partial charge >= 0.3 is 0 Å². The number of pyridine rings is 3. The third-order valence-corrected chi connectivity index (χ3v) is 15.8. The third kappa shape index (κ3) is 16.1. The van der Waals surface area contributed by atoms with E-state index in [0.29, 0.717) is 110 Å². The van der Waals surface area contributed by atoms with Gasteiger partial charge in [-0.1, -0.05) is 35.5 Å². The van der Waals surface area contributed by atoms with Crippen LogP contribution >= 0.6 is 22.1 Å². The lowest BCUT2D eigenvalue weighted by molar-refractivity contribution is 0.207. The summed E-state index contributed by atoms with van der Waals surface area (Å²) in [6.07, 6.45) is 0. The van der Waals surface area contributed by atoms with Crippen molar-refractivity contribution < 1.29 is 42.6 Å². The quantitative estimate of drug-likeness (QED) is 0.0900. The highest BCUT2D eigenvalue weighted by Crippen LogP contribution is 2.35. The summed E-state index contributed by atoms with van der Waals surface area (Å²) in [6.45, 7) is 13.9. The number of nitrogens with zero attached hydrogens (tertiary/aromatic N) is 6. The molecule has 6 aromatic rings. The molecule has 18 heteroatoms. The van der Waals surface area contributed by atoms with Crippen LogP contribution in [-0.2, 0) is 33.3 Å². The number of methoxy groups -OCH3 is 3. The largest absolute Gasteiger partial charge is 0.497 e. The van der Waals surface area contributed by atoms with Crippen molar-refractivity contribution in [3.8, 4) is 52.8 Å². The smallest absolute Gasteiger partial charge is 0.244 e. The zero-order chi connectivity index (χ0) is 54.1. The van der Waals surface area contributed by atoms with Gasteiger partial charge in [0.15, 0.2) is 0 Å². The molecule has 15 nitrogen and oxygen atoms in total. The first kappa shape index (κ1) is 56.4. The van der Waals surface area contributed by atoms with E-state index in [-0.39, 0.29) is 16.3 Å². The van der Waals surface area contributed by atoms with Crippen molar-refractivity contribution >= 4 is 38.4 Å². The van der Waals surface area contributed by atoms with Crippen LogP contribution in [0.2, 0.25) is 0 Å². The van der Waals surface area contributed by atoms with E-state index in [1.165, 1.54) is 20.0 Å². The fourth-order valence-electron chi connectivity index (χ4n) is 8.29. The predicted molar refractivity (Wildman–Crippen MR) is 296 cm³/mol. The lowest BCUT2D eigenvalue weighted by Gasteiger charge is -2.26. The number of ether oxygens (including phenoxy) is 3. The summed E-state index contributed by atoms with van der Waals surface area (Å²) in [6, 6.07) is 27.1. The number of hydrogen-bond acceptors (Lipinski definition) is 12. The normalized spacial score (nSPS) is 15.8. The Balaban J connectivity index is 1.23. The van der Waals surface area contributed by atoms with Gasteiger partial charge in [0, 0.05) is 112 Å². The first-order chi connectivity index (χ1) is 35.5. The topological polar surface area (TPSA) is 188 Å². The molecule has 3 aromatic carbocycles. The SMILES string of the molecule is COc1ccc(C#Cc2cc(CN3CCN(Cc4cc(C#Cc5ccc(OC)cc5C)cc(P(C)(=O)O)n4)CCN(Cc4cc(C#Cc5ccc(OC)cc5C)cc(P(C)(=O)O)n4)CC3)nc(P(C)(=O)O)c2)c(C)c1. The molecule has 7 rings (SSSR count). The van der Waals surface area contributed by atoms with Crippen molar-refractivity contribution in [2.75, 3.05) is 80.6 Å². The highest BCUT2D eigenvalue weighted by Gasteiger charge is 2.24. The monoisotopic (exact) mass is 1070 g/mol. The lowest BCUT2D eigenvalue weighted by atomic mass is 10.1. The van der Waals surface area contributed by atoms with E-state index >= 15 is 0 Å². The van der Waals surface area contributed by atoms with Gasteiger partial charge in [-0.25, -0.2) is 15.0 Å². The first-order valence-corrected chi connectivity index (χ1v) is 30.5. The Morgan fingerprint density at radius 2 is 0.680 bits per heavy atom. The van der Waals surface area contributed by atoms with Gasteiger partial charge in [0.2, 0.25) is 22.1 Å². The molecule has 1 saturated heterocycles. The summed E-state index contributed by atoms with van der Waals surface area (Å²) in [4.78, 5) is 53.3. The lowest BCUT2D eigenvalue weighted by Crippen LogP contribution is -2.36. The summed E-state index contributed by atoms with van der Waals surface area (Å²) < 4.78 is 55.8. The van der Waals surface area contributed by atoms with Gasteiger partial charge in [-0.05, 0) is 128 Å². The van der Waals surface area contributed by atoms with E-state index in [1.54, 1.807) is 39.5 Å². The van der Waals surface area contributed by atoms with E-state index in [4.69, 9.17) is 29.2 Å². The molecule has 0 bridgehead atoms. The summed E-state index contributed by atoms with van der Waals surface area (Å²) in [5.41, 5.74) is 8.63. The predicted octanol–water partition coefficient (Wildman–Crippen LogP) is 6.42. The molecule has 390 valence electrons. The Labute approximate surface area is 440 Å². The van der Waals surface area contributed by atoms with Crippen molar-refractivity contribution in [3.05, 3.63) is 158 Å². The number of rotatable bonds is 12. The summed E-state index contributed by atoms with van der Waals surface area (Å²) >= 11 is 0. The van der Waals surface area contributed by atoms with E-state index < -0.39 is 22.1 Å². The minimum Gasteiger partial charge on any atom is -0.497 e. The Morgan fingerprint density at radius 3 is 0.893 bits per heavy atom. The van der Waals surface area contributed by atoms with Gasteiger partial charge < -0.3 is 28.9 Å². The Hall–Kier alpha value is -6.36. The molecule has 1 aliphatic heterocycles. The molecule has 1 aliphatic rings. The minimum absolute atomic E-state index is 0.0523. The van der Waals surface area contributed by atoms with Crippen LogP contribution in [0, 0.1) is 56.3 Å². The van der Waals surface area contributed by atoms with E-state index in [1.807, 2.05) is 93.6 Å². The third-order valence-electron chi connectivity index (χ3n) is 12.5. The van der Waals surface area contributed by atoms with Gasteiger partial charge in [-0.2, -0.15) is 0 Å². The molecule has 1 fully saturated rings. The maximum absolute atomic E-state index is 13.2. The van der Waals surface area contributed by atoms with Crippen molar-refractivity contribution in [3.63, 3.8) is 0 Å². The van der Waals surface area contributed by atoms with Crippen LogP contribution in [0.4, 0.5) is 0 Å². The molecular weight excluding hydrogens is 1010 g/mol. The van der Waals surface area contributed by atoms with Crippen LogP contribution in [0.1, 0.15) is 67.2 Å². The summed E-state index contributed by atoms with van der Waals surface area (Å²) in [5.74, 6) is 21.4. The average molecular weight is 1070 g/mol. The van der Waals surface area contributed by atoms with Crippen LogP contribution in [0.25, 0.3) is 0 Å². The Kier molecular flexibility index (Phi) is 18.4. The molecule has 0 radical (unpaired) electrons. The van der Waals surface area contributed by atoms with Crippen LogP contribution in [0.3, 0.4) is 0 Å². The van der Waals surface area contributed by atoms with Gasteiger partial charge in [0.05, 0.1) is 38.4 Å². The number of aryl methyl sites for hydroxylation is 3. The van der Waals surface area contributed by atoms with Crippen molar-refractivity contribution in [1.82, 2.24) is 29.7 Å². The zero-order valence-electron chi connectivity index (χ0n) is 43.8. The van der Waals surface area contributed by atoms with Gasteiger partial charge in [-0.3, -0.25) is 28.4 Å². The molecule has 3 unspecified atom stereocenters. The number of benzene rings is 3. The standard InChI is InChI=1S/C57H63N6O9P3/c1-40-28-52(70-4)19-16-46(40)13-10-43-31-49(58-55(34-43)73(7,64)65)37-61-22-24-62(38-50-32-44(35-56(59-50)74(8,66)67)11-14-47-17-20-53(71-5)29-41(47)2)26-27-63(25-23-61)39-51-33-45(36-57(60-51)75(9,68)69)12-15-48-18-21-54(72-6)30-42(48)3/h16-21,28-36H,22-27,37-39H2,1-9H3,(H,64,65)(H,66,67)(H,68,69). The van der Waals surface area contributed by atoms with Gasteiger partial charge in [-0.15, -0.1) is 0 Å². The Morgan fingerprint density at radius 1 is 0.427 bits per heavy atom. The fraction of sp³-hybridized carbons (Fsp3) is 0.316. The molecule has 3 N–H and O–H groups in total. The second-order valence-electron chi connectivity index (χ2n) is 18.9. The van der Waals surface area contributed by atoms with E-state index in [0.717, 1.165) is 33.4 Å². The van der Waals surface area contributed by atoms with Gasteiger partial charge in [0.1, 0.15) is 33.6 Å². The van der Waals surface area contributed by atoms with E-state index in [2.05, 4.69) is 50.2 Å². The zero-order valence-corrected chi connectivity index (χ0v) is 46.5. The second kappa shape index (κ2) is 24.5. The molecule has 0 spiro atoms. The fourth-order valence-corrected chi connectivity index (χ4v) is 10.4. The van der Waals surface area contributed by atoms with E-state index in [9.17, 15) is 28.4 Å². The molecule has 0 aliphatic carbocycles. The molecule has 75 heavy (non-hydrogen) atoms. The maximum Gasteiger partial charge on any atom is 0.244 e. The summed E-state index contributed by atoms with van der Waals surface area (Å²) in [5, 5.41) is 0. The van der Waals surface area contributed by atoms with Crippen LogP contribution in [0.15, 0.2) is 91.0 Å². The average Bonchev–Trinajstić information content (AvgIpc) is 3.44. The molecule has 3 aromatic heterocycles. The molecule has 0 amide bonds. The first-order valence-electron chi connectivity index (χ1n) is 24.2. The molecule has 4 heterocycles. The van der Waals surface area contributed by atoms with Crippen LogP contribution in [0.5, 0.6) is 17.2 Å². The maximum atomic E-state index is 13.2. The highest BCUT2D eigenvalue weighted by molar-refractivity contribution is 7.65. The van der Waals surface area contributed by atoms with Crippen molar-refractivity contribution in [2.45, 2.75) is 40.4 Å². The second-order valence-corrected chi connectivity index (χ2v) is 25.5. The van der Waals surface area contributed by atoms with Crippen LogP contribution < -0.4 is 30.5 Å². The van der Waals surface area contributed by atoms with Crippen molar-refractivity contribution in [2.24, 2.45) is 0 Å². The number of aromatic nitrogens is 3. The minimum atomic E-state index is -3.81. The summed E-state index contributed by atoms with van der Waals surface area (Å²) in [7, 11) is -6.60.